The van der Waals surface area contributed by atoms with E-state index in [0.29, 0.717) is 37.9 Å². The minimum absolute atomic E-state index is 0.000833. The summed E-state index contributed by atoms with van der Waals surface area (Å²) in [5.74, 6) is -0.0869. The Morgan fingerprint density at radius 1 is 1.19 bits per heavy atom. The van der Waals surface area contributed by atoms with Crippen molar-refractivity contribution in [2.24, 2.45) is 11.0 Å². The van der Waals surface area contributed by atoms with Gasteiger partial charge in [-0.1, -0.05) is 18.2 Å². The number of hydrogen-bond acceptors (Lipinski definition) is 6. The average Bonchev–Trinajstić information content (AvgIpc) is 3.34. The van der Waals surface area contributed by atoms with Crippen molar-refractivity contribution in [3.63, 3.8) is 0 Å². The third kappa shape index (κ3) is 4.47. The summed E-state index contributed by atoms with van der Waals surface area (Å²) in [7, 11) is 0. The van der Waals surface area contributed by atoms with Gasteiger partial charge in [0.15, 0.2) is 0 Å². The molecule has 7 nitrogen and oxygen atoms in total. The number of nitrogens with zero attached hydrogens (tertiary/aromatic N) is 3. The Hall–Kier alpha value is -2.41. The highest BCUT2D eigenvalue weighted by Gasteiger charge is 2.40. The van der Waals surface area contributed by atoms with E-state index < -0.39 is 12.0 Å². The van der Waals surface area contributed by atoms with E-state index in [1.54, 1.807) is 11.9 Å². The molecule has 27 heavy (non-hydrogen) atoms. The van der Waals surface area contributed by atoms with Crippen LogP contribution < -0.4 is 5.01 Å². The molecule has 1 amide bonds. The minimum Gasteiger partial charge on any atom is -0.461 e. The number of esters is 1. The monoisotopic (exact) mass is 373 g/mol. The summed E-state index contributed by atoms with van der Waals surface area (Å²) in [5, 5.41) is 6.08. The van der Waals surface area contributed by atoms with Crippen molar-refractivity contribution >= 4 is 23.3 Å². The van der Waals surface area contributed by atoms with Crippen LogP contribution >= 0.6 is 0 Å². The van der Waals surface area contributed by atoms with Gasteiger partial charge < -0.3 is 14.4 Å². The largest absolute Gasteiger partial charge is 0.461 e. The number of carbonyl (C=O) groups excluding carboxylic acids is 2. The summed E-state index contributed by atoms with van der Waals surface area (Å²) < 4.78 is 10.6. The average molecular weight is 373 g/mol. The first-order chi connectivity index (χ1) is 13.1. The minimum atomic E-state index is -0.516. The Labute approximate surface area is 159 Å². The van der Waals surface area contributed by atoms with E-state index in [1.165, 1.54) is 0 Å². The van der Waals surface area contributed by atoms with Gasteiger partial charge in [-0.05, 0) is 32.4 Å². The first kappa shape index (κ1) is 19.4. The Morgan fingerprint density at radius 3 is 2.67 bits per heavy atom. The van der Waals surface area contributed by atoms with Crippen LogP contribution in [0.2, 0.25) is 0 Å². The van der Waals surface area contributed by atoms with Crippen LogP contribution in [0.5, 0.6) is 0 Å². The molecule has 0 saturated carbocycles. The van der Waals surface area contributed by atoms with Crippen LogP contribution in [-0.2, 0) is 19.1 Å². The number of benzene rings is 1. The van der Waals surface area contributed by atoms with E-state index >= 15 is 0 Å². The molecule has 2 heterocycles. The fourth-order valence-corrected chi connectivity index (χ4v) is 3.52. The van der Waals surface area contributed by atoms with Gasteiger partial charge >= 0.3 is 5.97 Å². The Bertz CT molecular complexity index is 692. The molecule has 7 heteroatoms. The molecule has 3 rings (SSSR count). The highest BCUT2D eigenvalue weighted by molar-refractivity contribution is 6.38. The summed E-state index contributed by atoms with van der Waals surface area (Å²) in [6.07, 6.45) is 1.20. The zero-order valence-corrected chi connectivity index (χ0v) is 16.0. The van der Waals surface area contributed by atoms with E-state index in [9.17, 15) is 9.59 Å². The number of hydrazone groups is 1. The summed E-state index contributed by atoms with van der Waals surface area (Å²) in [5.41, 5.74) is 1.09. The quantitative estimate of drug-likeness (QED) is 0.684. The number of amides is 1. The van der Waals surface area contributed by atoms with Gasteiger partial charge in [-0.25, -0.2) is 4.79 Å². The van der Waals surface area contributed by atoms with Gasteiger partial charge in [-0.2, -0.15) is 5.10 Å². The molecule has 0 aromatic heterocycles. The number of ether oxygens (including phenoxy) is 2. The zero-order chi connectivity index (χ0) is 19.2. The molecule has 2 aliphatic heterocycles. The molecule has 1 aromatic carbocycles. The lowest BCUT2D eigenvalue weighted by molar-refractivity contribution is -0.135. The molecule has 0 aliphatic carbocycles. The van der Waals surface area contributed by atoms with Crippen LogP contribution in [0.15, 0.2) is 35.4 Å². The van der Waals surface area contributed by atoms with E-state index in [2.05, 4.69) is 5.10 Å². The van der Waals surface area contributed by atoms with Crippen LogP contribution in [0.25, 0.3) is 0 Å². The third-order valence-electron chi connectivity index (χ3n) is 4.88. The van der Waals surface area contributed by atoms with Gasteiger partial charge in [0.25, 0.3) is 0 Å². The van der Waals surface area contributed by atoms with Crippen LogP contribution in [0.3, 0.4) is 0 Å². The van der Waals surface area contributed by atoms with Gasteiger partial charge in [0.05, 0.1) is 18.9 Å². The second-order valence-corrected chi connectivity index (χ2v) is 6.77. The normalized spacial score (nSPS) is 22.1. The maximum absolute atomic E-state index is 13.2. The SMILES string of the molecule is CCOC[C@@H]1CCN(C(=O)[C@H]2CC(C(=O)OCC)=NN2c2ccccc2)C1. The van der Waals surface area contributed by atoms with E-state index in [4.69, 9.17) is 9.47 Å². The van der Waals surface area contributed by atoms with Crippen LogP contribution in [0.4, 0.5) is 5.69 Å². The molecule has 0 N–H and O–H groups in total. The Morgan fingerprint density at radius 2 is 1.96 bits per heavy atom. The lowest BCUT2D eigenvalue weighted by Gasteiger charge is -2.27. The molecular weight excluding hydrogens is 346 g/mol. The molecule has 2 atom stereocenters. The zero-order valence-electron chi connectivity index (χ0n) is 16.0. The van der Waals surface area contributed by atoms with Crippen LogP contribution in [0.1, 0.15) is 26.7 Å². The predicted molar refractivity (Wildman–Crippen MR) is 103 cm³/mol. The number of hydrogen-bond donors (Lipinski definition) is 0. The fraction of sp³-hybridized carbons (Fsp3) is 0.550. The van der Waals surface area contributed by atoms with Crippen molar-refractivity contribution in [2.75, 3.05) is 37.9 Å². The molecule has 1 fully saturated rings. The van der Waals surface area contributed by atoms with Crippen molar-refractivity contribution in [1.82, 2.24) is 4.90 Å². The number of carbonyl (C=O) groups is 2. The molecule has 0 spiro atoms. The standard InChI is InChI=1S/C20H27N3O4/c1-3-26-14-15-10-11-22(13-15)19(24)18-12-17(20(25)27-4-2)21-23(18)16-8-6-5-7-9-16/h5-9,15,18H,3-4,10-14H2,1-2H3/t15-,18-/m1/s1. The molecule has 1 saturated heterocycles. The van der Waals surface area contributed by atoms with Crippen molar-refractivity contribution < 1.29 is 19.1 Å². The summed E-state index contributed by atoms with van der Waals surface area (Å²) in [4.78, 5) is 27.2. The van der Waals surface area contributed by atoms with Crippen molar-refractivity contribution in [3.05, 3.63) is 30.3 Å². The third-order valence-corrected chi connectivity index (χ3v) is 4.88. The summed E-state index contributed by atoms with van der Waals surface area (Å²) in [6.45, 7) is 6.78. The first-order valence-electron chi connectivity index (χ1n) is 9.59. The summed E-state index contributed by atoms with van der Waals surface area (Å²) >= 11 is 0. The molecule has 1 aromatic rings. The molecular formula is C20H27N3O4. The number of para-hydroxylation sites is 1. The van der Waals surface area contributed by atoms with Gasteiger partial charge in [0.2, 0.25) is 5.91 Å². The number of anilines is 1. The first-order valence-corrected chi connectivity index (χ1v) is 9.59. The van der Waals surface area contributed by atoms with Gasteiger partial charge in [-0.3, -0.25) is 9.80 Å². The van der Waals surface area contributed by atoms with E-state index in [0.717, 1.165) is 12.1 Å². The van der Waals surface area contributed by atoms with Gasteiger partial charge in [0, 0.05) is 32.0 Å². The Kier molecular flexibility index (Phi) is 6.45. The fourth-order valence-electron chi connectivity index (χ4n) is 3.52. The maximum Gasteiger partial charge on any atom is 0.354 e. The lowest BCUT2D eigenvalue weighted by atomic mass is 10.1. The highest BCUT2D eigenvalue weighted by Crippen LogP contribution is 2.28. The lowest BCUT2D eigenvalue weighted by Crippen LogP contribution is -2.44. The summed E-state index contributed by atoms with van der Waals surface area (Å²) in [6, 6.07) is 8.95. The molecule has 2 aliphatic rings. The van der Waals surface area contributed by atoms with Crippen LogP contribution in [-0.4, -0.2) is 61.4 Å². The maximum atomic E-state index is 13.2. The van der Waals surface area contributed by atoms with Gasteiger partial charge in [0.1, 0.15) is 11.8 Å². The Balaban J connectivity index is 1.74. The topological polar surface area (TPSA) is 71.4 Å². The number of rotatable bonds is 7. The molecule has 146 valence electrons. The van der Waals surface area contributed by atoms with Crippen molar-refractivity contribution in [1.29, 1.82) is 0 Å². The molecule has 0 radical (unpaired) electrons. The molecule has 0 bridgehead atoms. The number of likely N-dealkylation sites (tertiary alicyclic amines) is 1. The van der Waals surface area contributed by atoms with E-state index in [-0.39, 0.29) is 18.9 Å². The predicted octanol–water partition coefficient (Wildman–Crippen LogP) is 2.07. The van der Waals surface area contributed by atoms with Crippen LogP contribution in [0, 0.1) is 5.92 Å². The second kappa shape index (κ2) is 8.99. The highest BCUT2D eigenvalue weighted by atomic mass is 16.5. The van der Waals surface area contributed by atoms with Gasteiger partial charge in [-0.15, -0.1) is 0 Å². The van der Waals surface area contributed by atoms with Crippen molar-refractivity contribution in [2.45, 2.75) is 32.7 Å². The van der Waals surface area contributed by atoms with Crippen molar-refractivity contribution in [3.8, 4) is 0 Å². The smallest absolute Gasteiger partial charge is 0.354 e. The second-order valence-electron chi connectivity index (χ2n) is 6.77. The van der Waals surface area contributed by atoms with E-state index in [1.807, 2.05) is 42.2 Å². The molecule has 0 unspecified atom stereocenters.